The fraction of sp³-hybridized carbons (Fsp3) is 0.150. The molecule has 3 aromatic rings. The molecule has 0 aliphatic carbocycles. The van der Waals surface area contributed by atoms with E-state index in [4.69, 9.17) is 9.63 Å². The van der Waals surface area contributed by atoms with Crippen LogP contribution in [0, 0.1) is 0 Å². The summed E-state index contributed by atoms with van der Waals surface area (Å²) in [5, 5.41) is 15.9. The molecule has 6 heteroatoms. The van der Waals surface area contributed by atoms with E-state index in [2.05, 4.69) is 10.5 Å². The van der Waals surface area contributed by atoms with Crippen LogP contribution in [0.3, 0.4) is 0 Å². The van der Waals surface area contributed by atoms with E-state index >= 15 is 0 Å². The summed E-state index contributed by atoms with van der Waals surface area (Å²) in [5.41, 5.74) is 2.84. The van der Waals surface area contributed by atoms with E-state index in [1.807, 2.05) is 19.9 Å². The van der Waals surface area contributed by atoms with Gasteiger partial charge in [0.1, 0.15) is 5.69 Å². The molecule has 132 valence electrons. The van der Waals surface area contributed by atoms with E-state index in [-0.39, 0.29) is 17.5 Å². The minimum absolute atomic E-state index is 0.0542. The van der Waals surface area contributed by atoms with Crippen LogP contribution in [0.15, 0.2) is 59.1 Å². The van der Waals surface area contributed by atoms with Crippen molar-refractivity contribution in [2.24, 2.45) is 0 Å². The van der Waals surface area contributed by atoms with Crippen LogP contribution in [-0.2, 0) is 0 Å². The van der Waals surface area contributed by atoms with Crippen molar-refractivity contribution in [2.75, 3.05) is 0 Å². The minimum Gasteiger partial charge on any atom is -0.478 e. The quantitative estimate of drug-likeness (QED) is 0.729. The zero-order valence-corrected chi connectivity index (χ0v) is 14.4. The Labute approximate surface area is 150 Å². The maximum absolute atomic E-state index is 12.1. The number of nitrogens with one attached hydrogen (secondary N) is 1. The van der Waals surface area contributed by atoms with Crippen LogP contribution >= 0.6 is 0 Å². The number of aromatic nitrogens is 1. The summed E-state index contributed by atoms with van der Waals surface area (Å²) in [6.45, 7) is 3.81. The Kier molecular flexibility index (Phi) is 4.84. The van der Waals surface area contributed by atoms with Crippen molar-refractivity contribution in [3.05, 3.63) is 65.7 Å². The second kappa shape index (κ2) is 7.23. The zero-order valence-electron chi connectivity index (χ0n) is 14.4. The lowest BCUT2D eigenvalue weighted by Crippen LogP contribution is -2.30. The molecule has 6 nitrogen and oxygen atoms in total. The van der Waals surface area contributed by atoms with Crippen molar-refractivity contribution < 1.29 is 19.2 Å². The van der Waals surface area contributed by atoms with Crippen molar-refractivity contribution in [1.29, 1.82) is 0 Å². The Hall–Kier alpha value is -3.41. The summed E-state index contributed by atoms with van der Waals surface area (Å²) in [6, 6.07) is 15.3. The van der Waals surface area contributed by atoms with E-state index in [1.54, 1.807) is 36.4 Å². The Morgan fingerprint density at radius 1 is 1.00 bits per heavy atom. The Bertz CT molecular complexity index is 942. The second-order valence-electron chi connectivity index (χ2n) is 6.17. The van der Waals surface area contributed by atoms with Gasteiger partial charge in [0.15, 0.2) is 5.76 Å². The molecule has 0 radical (unpaired) electrons. The average Bonchev–Trinajstić information content (AvgIpc) is 3.11. The lowest BCUT2D eigenvalue weighted by molar-refractivity contribution is 0.0696. The molecule has 1 amide bonds. The third kappa shape index (κ3) is 3.80. The van der Waals surface area contributed by atoms with Crippen LogP contribution in [0.25, 0.3) is 22.6 Å². The molecule has 1 aromatic heterocycles. The molecule has 0 saturated heterocycles. The number of aromatic carboxylic acids is 1. The first-order valence-electron chi connectivity index (χ1n) is 8.16. The third-order valence-corrected chi connectivity index (χ3v) is 3.77. The van der Waals surface area contributed by atoms with Gasteiger partial charge < -0.3 is 14.9 Å². The van der Waals surface area contributed by atoms with Crippen LogP contribution in [0.5, 0.6) is 0 Å². The van der Waals surface area contributed by atoms with Gasteiger partial charge in [-0.3, -0.25) is 4.79 Å². The van der Waals surface area contributed by atoms with E-state index in [0.717, 1.165) is 11.1 Å². The Balaban J connectivity index is 1.85. The molecule has 0 aliphatic rings. The van der Waals surface area contributed by atoms with Crippen molar-refractivity contribution in [3.8, 4) is 22.6 Å². The first kappa shape index (κ1) is 17.4. The number of carbonyl (C=O) groups excluding carboxylic acids is 1. The lowest BCUT2D eigenvalue weighted by Gasteiger charge is -2.08. The number of nitrogens with zero attached hydrogens (tertiary/aromatic N) is 1. The zero-order chi connectivity index (χ0) is 18.7. The van der Waals surface area contributed by atoms with Gasteiger partial charge in [0.05, 0.1) is 5.56 Å². The van der Waals surface area contributed by atoms with E-state index in [1.165, 1.54) is 12.1 Å². The number of amides is 1. The summed E-state index contributed by atoms with van der Waals surface area (Å²) in [7, 11) is 0. The van der Waals surface area contributed by atoms with Crippen LogP contribution in [0.2, 0.25) is 0 Å². The largest absolute Gasteiger partial charge is 0.478 e. The van der Waals surface area contributed by atoms with Crippen LogP contribution in [0.1, 0.15) is 34.6 Å². The topological polar surface area (TPSA) is 92.4 Å². The highest BCUT2D eigenvalue weighted by Gasteiger charge is 2.12. The maximum Gasteiger partial charge on any atom is 0.335 e. The van der Waals surface area contributed by atoms with Gasteiger partial charge in [0, 0.05) is 28.8 Å². The maximum atomic E-state index is 12.1. The molecule has 0 aliphatic heterocycles. The van der Waals surface area contributed by atoms with Gasteiger partial charge in [-0.25, -0.2) is 4.79 Å². The number of hydrogen-bond acceptors (Lipinski definition) is 4. The number of carbonyl (C=O) groups is 2. The van der Waals surface area contributed by atoms with Crippen molar-refractivity contribution >= 4 is 11.9 Å². The van der Waals surface area contributed by atoms with Gasteiger partial charge in [0.2, 0.25) is 0 Å². The smallest absolute Gasteiger partial charge is 0.335 e. The predicted molar refractivity (Wildman–Crippen MR) is 96.9 cm³/mol. The molecule has 1 heterocycles. The highest BCUT2D eigenvalue weighted by molar-refractivity contribution is 5.95. The van der Waals surface area contributed by atoms with Gasteiger partial charge >= 0.3 is 5.97 Å². The molecule has 2 N–H and O–H groups in total. The molecule has 3 rings (SSSR count). The number of carboxylic acid groups (broad SMARTS) is 1. The highest BCUT2D eigenvalue weighted by atomic mass is 16.5. The molecular weight excluding hydrogens is 332 g/mol. The normalized spacial score (nSPS) is 10.7. The molecule has 26 heavy (non-hydrogen) atoms. The summed E-state index contributed by atoms with van der Waals surface area (Å²) >= 11 is 0. The molecular formula is C20H18N2O4. The summed E-state index contributed by atoms with van der Waals surface area (Å²) < 4.78 is 5.37. The first-order valence-corrected chi connectivity index (χ1v) is 8.16. The van der Waals surface area contributed by atoms with Gasteiger partial charge in [-0.1, -0.05) is 29.4 Å². The fourth-order valence-corrected chi connectivity index (χ4v) is 2.49. The Morgan fingerprint density at radius 2 is 1.73 bits per heavy atom. The summed E-state index contributed by atoms with van der Waals surface area (Å²) in [6.07, 6.45) is 0. The molecule has 0 atom stereocenters. The van der Waals surface area contributed by atoms with E-state index < -0.39 is 5.97 Å². The second-order valence-corrected chi connectivity index (χ2v) is 6.17. The Morgan fingerprint density at radius 3 is 2.38 bits per heavy atom. The molecule has 2 aromatic carbocycles. The highest BCUT2D eigenvalue weighted by Crippen LogP contribution is 2.26. The first-order chi connectivity index (χ1) is 12.4. The number of carboxylic acids is 1. The molecule has 0 bridgehead atoms. The van der Waals surface area contributed by atoms with Gasteiger partial charge in [0.25, 0.3) is 5.91 Å². The summed E-state index contributed by atoms with van der Waals surface area (Å²) in [5.74, 6) is -0.602. The third-order valence-electron chi connectivity index (χ3n) is 3.77. The molecule has 0 saturated carbocycles. The van der Waals surface area contributed by atoms with Gasteiger partial charge in [-0.05, 0) is 38.1 Å². The standard InChI is InChI=1S/C20H18N2O4/c1-12(2)21-19(23)16-5-3-4-15(10-16)17-11-18(26-22-17)13-6-8-14(9-7-13)20(24)25/h3-12H,1-2H3,(H,21,23)(H,24,25). The monoisotopic (exact) mass is 350 g/mol. The molecule has 0 spiro atoms. The molecule has 0 fully saturated rings. The lowest BCUT2D eigenvalue weighted by atomic mass is 10.1. The average molecular weight is 350 g/mol. The fourth-order valence-electron chi connectivity index (χ4n) is 2.49. The summed E-state index contributed by atoms with van der Waals surface area (Å²) in [4.78, 5) is 23.1. The van der Waals surface area contributed by atoms with Crippen LogP contribution < -0.4 is 5.32 Å². The predicted octanol–water partition coefficient (Wildman–Crippen LogP) is 3.85. The van der Waals surface area contributed by atoms with Crippen molar-refractivity contribution in [1.82, 2.24) is 10.5 Å². The van der Waals surface area contributed by atoms with E-state index in [0.29, 0.717) is 17.0 Å². The van der Waals surface area contributed by atoms with Gasteiger partial charge in [-0.2, -0.15) is 0 Å². The number of rotatable bonds is 5. The minimum atomic E-state index is -0.980. The SMILES string of the molecule is CC(C)NC(=O)c1cccc(-c2cc(-c3ccc(C(=O)O)cc3)on2)c1. The van der Waals surface area contributed by atoms with Crippen molar-refractivity contribution in [2.45, 2.75) is 19.9 Å². The van der Waals surface area contributed by atoms with E-state index in [9.17, 15) is 9.59 Å². The number of hydrogen-bond donors (Lipinski definition) is 2. The van der Waals surface area contributed by atoms with Crippen molar-refractivity contribution in [3.63, 3.8) is 0 Å². The van der Waals surface area contributed by atoms with Gasteiger partial charge in [-0.15, -0.1) is 0 Å². The van der Waals surface area contributed by atoms with Crippen LogP contribution in [0.4, 0.5) is 0 Å². The molecule has 0 unspecified atom stereocenters. The van der Waals surface area contributed by atoms with Crippen LogP contribution in [-0.4, -0.2) is 28.2 Å². The number of benzene rings is 2.